The van der Waals surface area contributed by atoms with Crippen molar-refractivity contribution in [1.29, 1.82) is 0 Å². The molecule has 0 spiro atoms. The first-order valence-electron chi connectivity index (χ1n) is 8.24. The van der Waals surface area contributed by atoms with Crippen LogP contribution in [0.15, 0.2) is 69.4 Å². The van der Waals surface area contributed by atoms with E-state index in [-0.39, 0.29) is 10.6 Å². The van der Waals surface area contributed by atoms with E-state index < -0.39 is 0 Å². The lowest BCUT2D eigenvalue weighted by molar-refractivity contribution is -0.387. The first-order valence-corrected chi connectivity index (χ1v) is 9.06. The minimum absolute atomic E-state index is 0.0666. The molecule has 2 aromatic carbocycles. The van der Waals surface area contributed by atoms with Crippen molar-refractivity contribution in [2.75, 3.05) is 14.1 Å². The van der Waals surface area contributed by atoms with Crippen LogP contribution < -0.4 is 0 Å². The first kappa shape index (κ1) is 18.7. The smallest absolute Gasteiger partial charge is 0.283 e. The number of rotatable bonds is 6. The van der Waals surface area contributed by atoms with Crippen LogP contribution in [-0.4, -0.2) is 40.0 Å². The molecular formula is C19H19N5O2S. The minimum Gasteiger partial charge on any atom is -0.369 e. The van der Waals surface area contributed by atoms with Gasteiger partial charge in [0, 0.05) is 20.2 Å². The van der Waals surface area contributed by atoms with E-state index in [1.54, 1.807) is 29.2 Å². The molecule has 7 nitrogen and oxygen atoms in total. The summed E-state index contributed by atoms with van der Waals surface area (Å²) in [5, 5.41) is 16.0. The van der Waals surface area contributed by atoms with Crippen molar-refractivity contribution < 1.29 is 4.92 Å². The third-order valence-corrected chi connectivity index (χ3v) is 4.92. The molecule has 0 fully saturated rings. The number of nitrogens with zero attached hydrogens (tertiary/aromatic N) is 5. The van der Waals surface area contributed by atoms with E-state index in [0.29, 0.717) is 10.7 Å². The molecule has 1 heterocycles. The topological polar surface area (TPSA) is 76.6 Å². The summed E-state index contributed by atoms with van der Waals surface area (Å²) in [4.78, 5) is 18.7. The predicted octanol–water partition coefficient (Wildman–Crippen LogP) is 4.46. The highest BCUT2D eigenvalue weighted by atomic mass is 32.2. The molecule has 1 aromatic heterocycles. The second kappa shape index (κ2) is 8.05. The lowest BCUT2D eigenvalue weighted by Crippen LogP contribution is -2.07. The molecular weight excluding hydrogens is 362 g/mol. The summed E-state index contributed by atoms with van der Waals surface area (Å²) in [6, 6.07) is 16.4. The number of aromatic nitrogens is 2. The predicted molar refractivity (Wildman–Crippen MR) is 107 cm³/mol. The molecule has 0 aliphatic heterocycles. The Hall–Kier alpha value is -3.13. The largest absolute Gasteiger partial charge is 0.369 e. The van der Waals surface area contributed by atoms with E-state index in [2.05, 4.69) is 10.1 Å². The summed E-state index contributed by atoms with van der Waals surface area (Å²) in [5.41, 5.74) is 1.70. The fourth-order valence-corrected chi connectivity index (χ4v) is 3.49. The maximum Gasteiger partial charge on any atom is 0.283 e. The molecule has 0 aliphatic rings. The monoisotopic (exact) mass is 381 g/mol. The van der Waals surface area contributed by atoms with E-state index in [1.807, 2.05) is 56.3 Å². The summed E-state index contributed by atoms with van der Waals surface area (Å²) in [5.74, 6) is 0.635. The van der Waals surface area contributed by atoms with E-state index in [9.17, 15) is 10.1 Å². The molecule has 0 amide bonds. The van der Waals surface area contributed by atoms with Gasteiger partial charge in [-0.3, -0.25) is 10.1 Å². The number of hydrogen-bond acceptors (Lipinski definition) is 5. The quantitative estimate of drug-likeness (QED) is 0.273. The van der Waals surface area contributed by atoms with Gasteiger partial charge < -0.3 is 4.90 Å². The molecule has 27 heavy (non-hydrogen) atoms. The van der Waals surface area contributed by atoms with Gasteiger partial charge in [-0.2, -0.15) is 5.10 Å². The van der Waals surface area contributed by atoms with Crippen LogP contribution in [-0.2, 0) is 0 Å². The van der Waals surface area contributed by atoms with E-state index >= 15 is 0 Å². The zero-order valence-corrected chi connectivity index (χ0v) is 16.1. The molecule has 0 saturated carbocycles. The van der Waals surface area contributed by atoms with Crippen molar-refractivity contribution in [2.24, 2.45) is 4.99 Å². The average Bonchev–Trinajstić information content (AvgIpc) is 2.97. The van der Waals surface area contributed by atoms with Crippen LogP contribution in [0.3, 0.4) is 0 Å². The Morgan fingerprint density at radius 3 is 2.48 bits per heavy atom. The highest BCUT2D eigenvalue weighted by Gasteiger charge is 2.21. The SMILES string of the molecule is Cc1nn(-c2ccccc2)c(/N=C/N(C)C)c1Sc1ccccc1[N+](=O)[O-]. The van der Waals surface area contributed by atoms with Crippen molar-refractivity contribution in [2.45, 2.75) is 16.7 Å². The number of nitro benzene ring substituents is 1. The third kappa shape index (κ3) is 4.17. The maximum atomic E-state index is 11.4. The van der Waals surface area contributed by atoms with Gasteiger partial charge in [-0.1, -0.05) is 42.1 Å². The maximum absolute atomic E-state index is 11.4. The Morgan fingerprint density at radius 2 is 1.81 bits per heavy atom. The van der Waals surface area contributed by atoms with Crippen molar-refractivity contribution in [1.82, 2.24) is 14.7 Å². The van der Waals surface area contributed by atoms with Crippen LogP contribution in [0, 0.1) is 17.0 Å². The number of nitro groups is 1. The van der Waals surface area contributed by atoms with Gasteiger partial charge in [0.25, 0.3) is 5.69 Å². The molecule has 0 bridgehead atoms. The normalized spacial score (nSPS) is 11.1. The van der Waals surface area contributed by atoms with Crippen molar-refractivity contribution in [3.8, 4) is 5.69 Å². The minimum atomic E-state index is -0.373. The second-order valence-electron chi connectivity index (χ2n) is 6.02. The lowest BCUT2D eigenvalue weighted by Gasteiger charge is -2.08. The van der Waals surface area contributed by atoms with Crippen LogP contribution in [0.1, 0.15) is 5.69 Å². The zero-order valence-electron chi connectivity index (χ0n) is 15.2. The fraction of sp³-hybridized carbons (Fsp3) is 0.158. The summed E-state index contributed by atoms with van der Waals surface area (Å²) in [7, 11) is 3.77. The van der Waals surface area contributed by atoms with Gasteiger partial charge in [-0.15, -0.1) is 0 Å². The highest BCUT2D eigenvalue weighted by Crippen LogP contribution is 2.42. The molecule has 0 N–H and O–H groups in total. The third-order valence-electron chi connectivity index (χ3n) is 3.67. The number of aryl methyl sites for hydroxylation is 1. The molecule has 8 heteroatoms. The van der Waals surface area contributed by atoms with Crippen LogP contribution >= 0.6 is 11.8 Å². The van der Waals surface area contributed by atoms with Gasteiger partial charge in [0.1, 0.15) is 0 Å². The van der Waals surface area contributed by atoms with Gasteiger partial charge in [-0.05, 0) is 25.1 Å². The molecule has 0 atom stereocenters. The summed E-state index contributed by atoms with van der Waals surface area (Å²) < 4.78 is 1.76. The Bertz CT molecular complexity index is 983. The molecule has 138 valence electrons. The zero-order chi connectivity index (χ0) is 19.4. The molecule has 3 rings (SSSR count). The van der Waals surface area contributed by atoms with Crippen molar-refractivity contribution in [3.05, 3.63) is 70.4 Å². The average molecular weight is 381 g/mol. The summed E-state index contributed by atoms with van der Waals surface area (Å²) >= 11 is 1.31. The second-order valence-corrected chi connectivity index (χ2v) is 7.07. The molecule has 0 saturated heterocycles. The van der Waals surface area contributed by atoms with Gasteiger partial charge in [0.15, 0.2) is 5.82 Å². The number of para-hydroxylation sites is 2. The van der Waals surface area contributed by atoms with Crippen LogP contribution in [0.25, 0.3) is 5.69 Å². The van der Waals surface area contributed by atoms with Crippen LogP contribution in [0.5, 0.6) is 0 Å². The van der Waals surface area contributed by atoms with Gasteiger partial charge in [0.2, 0.25) is 0 Å². The molecule has 0 unspecified atom stereocenters. The summed E-state index contributed by atoms with van der Waals surface area (Å²) in [6.45, 7) is 1.88. The number of hydrogen-bond donors (Lipinski definition) is 0. The fourth-order valence-electron chi connectivity index (χ4n) is 2.46. The molecule has 0 aliphatic carbocycles. The Labute approximate surface area is 161 Å². The Balaban J connectivity index is 2.13. The van der Waals surface area contributed by atoms with Gasteiger partial charge >= 0.3 is 0 Å². The van der Waals surface area contributed by atoms with E-state index in [1.165, 1.54) is 17.8 Å². The van der Waals surface area contributed by atoms with Crippen molar-refractivity contribution >= 4 is 29.6 Å². The first-order chi connectivity index (χ1) is 13.0. The Morgan fingerprint density at radius 1 is 1.15 bits per heavy atom. The molecule has 0 radical (unpaired) electrons. The van der Waals surface area contributed by atoms with E-state index in [0.717, 1.165) is 16.3 Å². The van der Waals surface area contributed by atoms with Crippen molar-refractivity contribution in [3.63, 3.8) is 0 Å². The lowest BCUT2D eigenvalue weighted by atomic mass is 10.3. The highest BCUT2D eigenvalue weighted by molar-refractivity contribution is 7.99. The van der Waals surface area contributed by atoms with Crippen LogP contribution in [0.2, 0.25) is 0 Å². The number of aliphatic imine (C=N–C) groups is 1. The van der Waals surface area contributed by atoms with Gasteiger partial charge in [-0.25, -0.2) is 9.67 Å². The standard InChI is InChI=1S/C19H19N5O2S/c1-14-18(27-17-12-8-7-11-16(17)24(25)26)19(20-13-22(2)3)23(21-14)15-9-5-4-6-10-15/h4-13H,1-3H3/b20-13+. The summed E-state index contributed by atoms with van der Waals surface area (Å²) in [6.07, 6.45) is 1.69. The Kier molecular flexibility index (Phi) is 5.56. The van der Waals surface area contributed by atoms with Gasteiger partial charge in [0.05, 0.1) is 32.4 Å². The number of benzene rings is 2. The van der Waals surface area contributed by atoms with Crippen LogP contribution in [0.4, 0.5) is 11.5 Å². The molecule has 3 aromatic rings. The van der Waals surface area contributed by atoms with E-state index in [4.69, 9.17) is 0 Å².